The minimum atomic E-state index is -0.202. The minimum absolute atomic E-state index is 0.00704. The number of amides is 1. The highest BCUT2D eigenvalue weighted by Gasteiger charge is 2.23. The zero-order valence-corrected chi connectivity index (χ0v) is 12.7. The standard InChI is InChI=1S/C17H22N2O2/c1-18-10-9-14(12-18)13-19(2)17(21)16-8-4-3-6-15(16)7-5-11-20/h3-4,6,8,14,20H,9-13H2,1-2H3. The summed E-state index contributed by atoms with van der Waals surface area (Å²) in [7, 11) is 3.96. The summed E-state index contributed by atoms with van der Waals surface area (Å²) in [6, 6.07) is 7.30. The molecule has 1 fully saturated rings. The number of carbonyl (C=O) groups excluding carboxylic acids is 1. The second kappa shape index (κ2) is 7.26. The van der Waals surface area contributed by atoms with E-state index in [0.717, 1.165) is 26.1 Å². The van der Waals surface area contributed by atoms with Gasteiger partial charge in [-0.1, -0.05) is 24.0 Å². The molecule has 0 saturated carbocycles. The fourth-order valence-electron chi connectivity index (χ4n) is 2.76. The number of aliphatic hydroxyl groups excluding tert-OH is 1. The van der Waals surface area contributed by atoms with E-state index in [-0.39, 0.29) is 12.5 Å². The van der Waals surface area contributed by atoms with E-state index in [4.69, 9.17) is 5.11 Å². The molecule has 0 aliphatic carbocycles. The molecule has 21 heavy (non-hydrogen) atoms. The fraction of sp³-hybridized carbons (Fsp3) is 0.471. The normalized spacial score (nSPS) is 18.1. The molecule has 4 nitrogen and oxygen atoms in total. The quantitative estimate of drug-likeness (QED) is 0.845. The average Bonchev–Trinajstić information content (AvgIpc) is 2.89. The van der Waals surface area contributed by atoms with E-state index in [9.17, 15) is 4.79 Å². The number of hydrogen-bond acceptors (Lipinski definition) is 3. The average molecular weight is 286 g/mol. The summed E-state index contributed by atoms with van der Waals surface area (Å²) >= 11 is 0. The van der Waals surface area contributed by atoms with Gasteiger partial charge in [-0.2, -0.15) is 0 Å². The lowest BCUT2D eigenvalue weighted by Crippen LogP contribution is -2.33. The van der Waals surface area contributed by atoms with Gasteiger partial charge in [0.2, 0.25) is 0 Å². The van der Waals surface area contributed by atoms with E-state index in [0.29, 0.717) is 17.0 Å². The number of nitrogens with zero attached hydrogens (tertiary/aromatic N) is 2. The van der Waals surface area contributed by atoms with Crippen LogP contribution in [-0.2, 0) is 0 Å². The van der Waals surface area contributed by atoms with Gasteiger partial charge >= 0.3 is 0 Å². The van der Waals surface area contributed by atoms with Crippen molar-refractivity contribution in [3.05, 3.63) is 35.4 Å². The zero-order valence-electron chi connectivity index (χ0n) is 12.7. The van der Waals surface area contributed by atoms with Gasteiger partial charge in [0.25, 0.3) is 5.91 Å². The lowest BCUT2D eigenvalue weighted by Gasteiger charge is -2.21. The molecule has 2 rings (SSSR count). The van der Waals surface area contributed by atoms with Crippen molar-refractivity contribution < 1.29 is 9.90 Å². The van der Waals surface area contributed by atoms with E-state index in [1.54, 1.807) is 11.0 Å². The first-order valence-corrected chi connectivity index (χ1v) is 7.24. The first kappa shape index (κ1) is 15.6. The number of rotatable bonds is 3. The predicted octanol–water partition coefficient (Wildman–Crippen LogP) is 1.05. The molecule has 1 aromatic rings. The molecule has 0 aromatic heterocycles. The third kappa shape index (κ3) is 4.07. The van der Waals surface area contributed by atoms with Crippen LogP contribution >= 0.6 is 0 Å². The van der Waals surface area contributed by atoms with Crippen LogP contribution in [0.3, 0.4) is 0 Å². The Labute approximate surface area is 126 Å². The Kier molecular flexibility index (Phi) is 5.38. The van der Waals surface area contributed by atoms with Gasteiger partial charge in [-0.15, -0.1) is 0 Å². The molecule has 0 spiro atoms. The molecule has 1 unspecified atom stereocenters. The second-order valence-electron chi connectivity index (χ2n) is 5.61. The van der Waals surface area contributed by atoms with E-state index >= 15 is 0 Å². The maximum atomic E-state index is 12.6. The van der Waals surface area contributed by atoms with Gasteiger partial charge in [0.1, 0.15) is 6.61 Å². The molecule has 1 atom stereocenters. The summed E-state index contributed by atoms with van der Waals surface area (Å²) in [5, 5.41) is 8.81. The van der Waals surface area contributed by atoms with Gasteiger partial charge in [0.15, 0.2) is 0 Å². The van der Waals surface area contributed by atoms with Crippen LogP contribution in [-0.4, -0.2) is 61.2 Å². The number of carbonyl (C=O) groups is 1. The summed E-state index contributed by atoms with van der Waals surface area (Å²) in [6.07, 6.45) is 1.14. The Hall–Kier alpha value is -1.83. The Morgan fingerprint density at radius 1 is 1.48 bits per heavy atom. The summed E-state index contributed by atoms with van der Waals surface area (Å²) in [4.78, 5) is 16.7. The highest BCUT2D eigenvalue weighted by Crippen LogP contribution is 2.17. The van der Waals surface area contributed by atoms with Crippen molar-refractivity contribution in [1.29, 1.82) is 0 Å². The number of hydrogen-bond donors (Lipinski definition) is 1. The minimum Gasteiger partial charge on any atom is -0.384 e. The smallest absolute Gasteiger partial charge is 0.254 e. The lowest BCUT2D eigenvalue weighted by atomic mass is 10.0. The molecule has 1 saturated heterocycles. The molecule has 0 bridgehead atoms. The van der Waals surface area contributed by atoms with Gasteiger partial charge in [-0.05, 0) is 38.1 Å². The molecule has 1 aliphatic heterocycles. The van der Waals surface area contributed by atoms with Crippen LogP contribution in [0.4, 0.5) is 0 Å². The van der Waals surface area contributed by atoms with Crippen molar-refractivity contribution in [2.45, 2.75) is 6.42 Å². The third-order valence-electron chi connectivity index (χ3n) is 3.83. The molecule has 4 heteroatoms. The molecular weight excluding hydrogens is 264 g/mol. The molecule has 1 heterocycles. The Balaban J connectivity index is 2.08. The van der Waals surface area contributed by atoms with Crippen molar-refractivity contribution in [2.75, 3.05) is 40.3 Å². The lowest BCUT2D eigenvalue weighted by molar-refractivity contribution is 0.0773. The van der Waals surface area contributed by atoms with Crippen molar-refractivity contribution in [3.63, 3.8) is 0 Å². The van der Waals surface area contributed by atoms with Crippen LogP contribution in [0.1, 0.15) is 22.3 Å². The topological polar surface area (TPSA) is 43.8 Å². The van der Waals surface area contributed by atoms with Crippen molar-refractivity contribution in [3.8, 4) is 11.8 Å². The van der Waals surface area contributed by atoms with Gasteiger partial charge in [0.05, 0.1) is 5.56 Å². The summed E-state index contributed by atoms with van der Waals surface area (Å²) in [5.41, 5.74) is 1.28. The third-order valence-corrected chi connectivity index (χ3v) is 3.83. The number of aliphatic hydroxyl groups is 1. The largest absolute Gasteiger partial charge is 0.384 e. The zero-order chi connectivity index (χ0) is 15.2. The van der Waals surface area contributed by atoms with Crippen molar-refractivity contribution in [1.82, 2.24) is 9.80 Å². The van der Waals surface area contributed by atoms with Crippen molar-refractivity contribution in [2.24, 2.45) is 5.92 Å². The van der Waals surface area contributed by atoms with E-state index in [1.165, 1.54) is 0 Å². The molecule has 1 aromatic carbocycles. The first-order valence-electron chi connectivity index (χ1n) is 7.24. The summed E-state index contributed by atoms with van der Waals surface area (Å²) < 4.78 is 0. The van der Waals surface area contributed by atoms with E-state index < -0.39 is 0 Å². The van der Waals surface area contributed by atoms with Crippen LogP contribution < -0.4 is 0 Å². The Morgan fingerprint density at radius 2 is 2.24 bits per heavy atom. The Bertz CT molecular complexity index is 559. The van der Waals surface area contributed by atoms with Crippen LogP contribution in [0.2, 0.25) is 0 Å². The van der Waals surface area contributed by atoms with Crippen LogP contribution in [0.5, 0.6) is 0 Å². The SMILES string of the molecule is CN1CCC(CN(C)C(=O)c2ccccc2C#CCO)C1. The van der Waals surface area contributed by atoms with Crippen LogP contribution in [0.15, 0.2) is 24.3 Å². The first-order chi connectivity index (χ1) is 10.1. The van der Waals surface area contributed by atoms with Crippen molar-refractivity contribution >= 4 is 5.91 Å². The summed E-state index contributed by atoms with van der Waals surface area (Å²) in [5.74, 6) is 5.98. The molecule has 1 N–H and O–H groups in total. The maximum absolute atomic E-state index is 12.6. The van der Waals surface area contributed by atoms with E-state index in [2.05, 4.69) is 23.8 Å². The van der Waals surface area contributed by atoms with Crippen LogP contribution in [0, 0.1) is 17.8 Å². The highest BCUT2D eigenvalue weighted by atomic mass is 16.2. The highest BCUT2D eigenvalue weighted by molar-refractivity contribution is 5.96. The van der Waals surface area contributed by atoms with Crippen LogP contribution in [0.25, 0.3) is 0 Å². The number of likely N-dealkylation sites (tertiary alicyclic amines) is 1. The van der Waals surface area contributed by atoms with Gasteiger partial charge in [0, 0.05) is 25.7 Å². The summed E-state index contributed by atoms with van der Waals surface area (Å²) in [6.45, 7) is 2.71. The molecular formula is C17H22N2O2. The van der Waals surface area contributed by atoms with Gasteiger partial charge < -0.3 is 14.9 Å². The molecule has 112 valence electrons. The Morgan fingerprint density at radius 3 is 2.90 bits per heavy atom. The van der Waals surface area contributed by atoms with Gasteiger partial charge in [-0.3, -0.25) is 4.79 Å². The molecule has 1 amide bonds. The van der Waals surface area contributed by atoms with Gasteiger partial charge in [-0.25, -0.2) is 0 Å². The number of benzene rings is 1. The second-order valence-corrected chi connectivity index (χ2v) is 5.61. The maximum Gasteiger partial charge on any atom is 0.254 e. The monoisotopic (exact) mass is 286 g/mol. The molecule has 0 radical (unpaired) electrons. The predicted molar refractivity (Wildman–Crippen MR) is 83.0 cm³/mol. The molecule has 1 aliphatic rings. The van der Waals surface area contributed by atoms with E-state index in [1.807, 2.05) is 25.2 Å². The fourth-order valence-corrected chi connectivity index (χ4v) is 2.76.